The number of aliphatic hydroxyl groups is 2. The van der Waals surface area contributed by atoms with Crippen molar-refractivity contribution in [2.75, 3.05) is 32.8 Å². The summed E-state index contributed by atoms with van der Waals surface area (Å²) < 4.78 is 5.07. The minimum atomic E-state index is -0.656. The molecule has 5 heteroatoms. The van der Waals surface area contributed by atoms with Gasteiger partial charge in [0.2, 0.25) is 0 Å². The Bertz CT molecular complexity index is 339. The van der Waals surface area contributed by atoms with Gasteiger partial charge in [-0.1, -0.05) is 0 Å². The molecule has 2 aliphatic rings. The first kappa shape index (κ1) is 16.7. The van der Waals surface area contributed by atoms with Gasteiger partial charge in [-0.25, -0.2) is 0 Å². The van der Waals surface area contributed by atoms with Gasteiger partial charge in [0.05, 0.1) is 18.1 Å². The Hall–Kier alpha value is -0.650. The van der Waals surface area contributed by atoms with Crippen LogP contribution in [0, 0.1) is 11.8 Å². The Morgan fingerprint density at radius 3 is 2.67 bits per heavy atom. The number of carbonyl (C=O) groups is 1. The summed E-state index contributed by atoms with van der Waals surface area (Å²) >= 11 is 0. The molecule has 1 saturated heterocycles. The molecule has 2 rings (SSSR count). The monoisotopic (exact) mass is 299 g/mol. The molecule has 0 spiro atoms. The van der Waals surface area contributed by atoms with Gasteiger partial charge in [0.1, 0.15) is 0 Å². The number of aliphatic hydroxyl groups excluding tert-OH is 1. The van der Waals surface area contributed by atoms with Gasteiger partial charge in [0.15, 0.2) is 0 Å². The van der Waals surface area contributed by atoms with Crippen molar-refractivity contribution in [2.45, 2.75) is 51.0 Å². The zero-order valence-electron chi connectivity index (χ0n) is 13.1. The summed E-state index contributed by atoms with van der Waals surface area (Å²) in [6.45, 7) is 5.19. The zero-order chi connectivity index (χ0) is 15.3. The van der Waals surface area contributed by atoms with E-state index in [0.717, 1.165) is 38.8 Å². The number of likely N-dealkylation sites (tertiary alicyclic amines) is 1. The molecule has 1 heterocycles. The lowest BCUT2D eigenvalue weighted by Gasteiger charge is -2.37. The third-order valence-electron chi connectivity index (χ3n) is 4.96. The van der Waals surface area contributed by atoms with Crippen LogP contribution in [0.2, 0.25) is 0 Å². The number of hydrogen-bond donors (Lipinski definition) is 2. The van der Waals surface area contributed by atoms with E-state index >= 15 is 0 Å². The maximum absolute atomic E-state index is 11.7. The lowest BCUT2D eigenvalue weighted by atomic mass is 9.78. The number of nitrogens with zero attached hydrogens (tertiary/aromatic N) is 1. The molecule has 1 atom stereocenters. The van der Waals surface area contributed by atoms with Crippen molar-refractivity contribution in [3.05, 3.63) is 0 Å². The average Bonchev–Trinajstić information content (AvgIpc) is 2.87. The smallest absolute Gasteiger partial charge is 0.308 e. The average molecular weight is 299 g/mol. The van der Waals surface area contributed by atoms with Crippen molar-refractivity contribution in [2.24, 2.45) is 11.8 Å². The second-order valence-electron chi connectivity index (χ2n) is 6.65. The number of β-amino-alcohol motifs (C(OH)–C–C–N with tert-alkyl or cyclic N) is 1. The largest absolute Gasteiger partial charge is 0.466 e. The van der Waals surface area contributed by atoms with E-state index in [-0.39, 0.29) is 18.5 Å². The number of hydrogen-bond acceptors (Lipinski definition) is 5. The lowest BCUT2D eigenvalue weighted by Crippen LogP contribution is -2.45. The third-order valence-corrected chi connectivity index (χ3v) is 4.96. The summed E-state index contributed by atoms with van der Waals surface area (Å²) in [4.78, 5) is 14.0. The predicted molar refractivity (Wildman–Crippen MR) is 79.8 cm³/mol. The maximum atomic E-state index is 11.7. The molecule has 0 aromatic rings. The van der Waals surface area contributed by atoms with E-state index in [4.69, 9.17) is 9.84 Å². The molecule has 122 valence electrons. The Labute approximate surface area is 127 Å². The van der Waals surface area contributed by atoms with Crippen LogP contribution in [0.25, 0.3) is 0 Å². The van der Waals surface area contributed by atoms with Gasteiger partial charge in [-0.2, -0.15) is 0 Å². The predicted octanol–water partition coefficient (Wildman–Crippen LogP) is 1.18. The third kappa shape index (κ3) is 4.66. The van der Waals surface area contributed by atoms with E-state index in [1.54, 1.807) is 0 Å². The highest BCUT2D eigenvalue weighted by molar-refractivity contribution is 5.72. The first-order chi connectivity index (χ1) is 10.1. The SMILES string of the molecule is CCOC(=O)C1CCC(O)(CN2CCC(CCO)C2)CC1. The molecule has 1 unspecified atom stereocenters. The molecule has 5 nitrogen and oxygen atoms in total. The van der Waals surface area contributed by atoms with Crippen LogP contribution in [-0.2, 0) is 9.53 Å². The molecule has 1 aliphatic heterocycles. The number of carbonyl (C=O) groups excluding carboxylic acids is 1. The summed E-state index contributed by atoms with van der Waals surface area (Å²) in [5.41, 5.74) is -0.656. The number of rotatable bonds is 6. The minimum Gasteiger partial charge on any atom is -0.466 e. The normalized spacial score (nSPS) is 34.0. The number of esters is 1. The van der Waals surface area contributed by atoms with E-state index in [1.807, 2.05) is 6.92 Å². The zero-order valence-corrected chi connectivity index (χ0v) is 13.1. The molecule has 2 fully saturated rings. The van der Waals surface area contributed by atoms with E-state index in [0.29, 0.717) is 31.9 Å². The minimum absolute atomic E-state index is 0.0362. The summed E-state index contributed by atoms with van der Waals surface area (Å²) in [6, 6.07) is 0. The van der Waals surface area contributed by atoms with Gasteiger partial charge in [0.25, 0.3) is 0 Å². The van der Waals surface area contributed by atoms with Crippen LogP contribution in [0.1, 0.15) is 45.4 Å². The quantitative estimate of drug-likeness (QED) is 0.721. The van der Waals surface area contributed by atoms with E-state index in [2.05, 4.69) is 4.90 Å². The van der Waals surface area contributed by atoms with E-state index in [1.165, 1.54) is 0 Å². The van der Waals surface area contributed by atoms with Crippen LogP contribution in [0.15, 0.2) is 0 Å². The molecule has 2 N–H and O–H groups in total. The highest BCUT2D eigenvalue weighted by Gasteiger charge is 2.38. The topological polar surface area (TPSA) is 70.0 Å². The van der Waals surface area contributed by atoms with Crippen LogP contribution < -0.4 is 0 Å². The fraction of sp³-hybridized carbons (Fsp3) is 0.938. The summed E-state index contributed by atoms with van der Waals surface area (Å²) in [7, 11) is 0. The Morgan fingerprint density at radius 2 is 2.05 bits per heavy atom. The first-order valence-electron chi connectivity index (χ1n) is 8.28. The molecule has 0 amide bonds. The molecular formula is C16H29NO4. The summed E-state index contributed by atoms with van der Waals surface area (Å²) in [5.74, 6) is 0.421. The van der Waals surface area contributed by atoms with Gasteiger partial charge in [0, 0.05) is 19.7 Å². The van der Waals surface area contributed by atoms with Crippen LogP contribution in [0.3, 0.4) is 0 Å². The lowest BCUT2D eigenvalue weighted by molar-refractivity contribution is -0.151. The van der Waals surface area contributed by atoms with Gasteiger partial charge in [-0.15, -0.1) is 0 Å². The summed E-state index contributed by atoms with van der Waals surface area (Å²) in [6.07, 6.45) is 4.78. The van der Waals surface area contributed by atoms with Crippen LogP contribution in [-0.4, -0.2) is 59.5 Å². The number of ether oxygens (including phenoxy) is 1. The second-order valence-corrected chi connectivity index (χ2v) is 6.65. The van der Waals surface area contributed by atoms with Gasteiger partial charge < -0.3 is 19.8 Å². The highest BCUT2D eigenvalue weighted by atomic mass is 16.5. The Kier molecular flexibility index (Phi) is 6.02. The molecule has 0 aromatic heterocycles. The molecule has 1 aliphatic carbocycles. The van der Waals surface area contributed by atoms with Crippen molar-refractivity contribution in [1.82, 2.24) is 4.90 Å². The van der Waals surface area contributed by atoms with E-state index in [9.17, 15) is 9.90 Å². The molecule has 0 aromatic carbocycles. The van der Waals surface area contributed by atoms with Crippen molar-refractivity contribution >= 4 is 5.97 Å². The van der Waals surface area contributed by atoms with E-state index < -0.39 is 5.60 Å². The Balaban J connectivity index is 1.76. The van der Waals surface area contributed by atoms with Crippen LogP contribution in [0.5, 0.6) is 0 Å². The van der Waals surface area contributed by atoms with Crippen molar-refractivity contribution in [3.63, 3.8) is 0 Å². The fourth-order valence-electron chi connectivity index (χ4n) is 3.70. The van der Waals surface area contributed by atoms with Crippen molar-refractivity contribution in [3.8, 4) is 0 Å². The maximum Gasteiger partial charge on any atom is 0.308 e. The van der Waals surface area contributed by atoms with Crippen LogP contribution >= 0.6 is 0 Å². The van der Waals surface area contributed by atoms with Crippen LogP contribution in [0.4, 0.5) is 0 Å². The highest BCUT2D eigenvalue weighted by Crippen LogP contribution is 2.34. The van der Waals surface area contributed by atoms with Crippen molar-refractivity contribution < 1.29 is 19.7 Å². The van der Waals surface area contributed by atoms with Gasteiger partial charge >= 0.3 is 5.97 Å². The molecule has 0 bridgehead atoms. The first-order valence-corrected chi connectivity index (χ1v) is 8.28. The standard InChI is InChI=1S/C16H29NO4/c1-2-21-15(19)14-3-7-16(20,8-4-14)12-17-9-5-13(11-17)6-10-18/h13-14,18,20H,2-12H2,1H3. The molecule has 0 radical (unpaired) electrons. The van der Waals surface area contributed by atoms with Gasteiger partial charge in [-0.3, -0.25) is 4.79 Å². The second kappa shape index (κ2) is 7.56. The molecule has 1 saturated carbocycles. The Morgan fingerprint density at radius 1 is 1.33 bits per heavy atom. The van der Waals surface area contributed by atoms with Crippen molar-refractivity contribution in [1.29, 1.82) is 0 Å². The molecule has 21 heavy (non-hydrogen) atoms. The summed E-state index contributed by atoms with van der Waals surface area (Å²) in [5, 5.41) is 19.7. The molecular weight excluding hydrogens is 270 g/mol. The van der Waals surface area contributed by atoms with Gasteiger partial charge in [-0.05, 0) is 57.9 Å². The fourth-order valence-corrected chi connectivity index (χ4v) is 3.70.